The van der Waals surface area contributed by atoms with Crippen molar-refractivity contribution in [2.24, 2.45) is 0 Å². The monoisotopic (exact) mass is 393 g/mol. The fourth-order valence-corrected chi connectivity index (χ4v) is 3.53. The Morgan fingerprint density at radius 1 is 1.30 bits per heavy atom. The van der Waals surface area contributed by atoms with E-state index in [1.807, 2.05) is 0 Å². The molecule has 1 saturated heterocycles. The average Bonchev–Trinajstić information content (AvgIpc) is 3.18. The maximum absolute atomic E-state index is 12.5. The number of para-hydroxylation sites is 1. The zero-order valence-electron chi connectivity index (χ0n) is 14.8. The van der Waals surface area contributed by atoms with Crippen LogP contribution in [0.5, 0.6) is 0 Å². The molecule has 4 amide bonds. The van der Waals surface area contributed by atoms with Crippen molar-refractivity contribution in [3.8, 4) is 0 Å². The van der Waals surface area contributed by atoms with Crippen LogP contribution in [0, 0.1) is 0 Å². The molecule has 9 heteroatoms. The average molecular weight is 394 g/mol. The van der Waals surface area contributed by atoms with Gasteiger partial charge in [0.1, 0.15) is 12.1 Å². The summed E-state index contributed by atoms with van der Waals surface area (Å²) in [6, 6.07) is 6.05. The topological polar surface area (TPSA) is 105 Å². The van der Waals surface area contributed by atoms with Crippen molar-refractivity contribution in [3.05, 3.63) is 29.3 Å². The first kappa shape index (κ1) is 19.2. The number of ether oxygens (including phenoxy) is 1. The molecule has 1 heterocycles. The van der Waals surface area contributed by atoms with Crippen LogP contribution in [-0.2, 0) is 19.1 Å². The SMILES string of the molecule is C[C@H](OC(=O)CN1C(=O)NC2(CCCC2)C1=O)C(=O)Nc1ccccc1Cl. The summed E-state index contributed by atoms with van der Waals surface area (Å²) in [5, 5.41) is 5.60. The van der Waals surface area contributed by atoms with E-state index in [0.717, 1.165) is 17.7 Å². The second-order valence-corrected chi connectivity index (χ2v) is 7.12. The lowest BCUT2D eigenvalue weighted by Gasteiger charge is -2.20. The molecule has 1 aliphatic heterocycles. The zero-order chi connectivity index (χ0) is 19.6. The van der Waals surface area contributed by atoms with Crippen molar-refractivity contribution in [2.75, 3.05) is 11.9 Å². The van der Waals surface area contributed by atoms with Crippen LogP contribution in [0.1, 0.15) is 32.6 Å². The Hall–Kier alpha value is -2.61. The summed E-state index contributed by atoms with van der Waals surface area (Å²) in [5.74, 6) is -1.81. The van der Waals surface area contributed by atoms with Crippen molar-refractivity contribution < 1.29 is 23.9 Å². The van der Waals surface area contributed by atoms with Gasteiger partial charge in [-0.05, 0) is 31.9 Å². The minimum Gasteiger partial charge on any atom is -0.451 e. The van der Waals surface area contributed by atoms with E-state index in [0.29, 0.717) is 23.6 Å². The van der Waals surface area contributed by atoms with Crippen LogP contribution in [0.4, 0.5) is 10.5 Å². The van der Waals surface area contributed by atoms with E-state index >= 15 is 0 Å². The summed E-state index contributed by atoms with van der Waals surface area (Å²) in [7, 11) is 0. The zero-order valence-corrected chi connectivity index (χ0v) is 15.5. The van der Waals surface area contributed by atoms with Crippen molar-refractivity contribution in [3.63, 3.8) is 0 Å². The van der Waals surface area contributed by atoms with Crippen LogP contribution >= 0.6 is 11.6 Å². The molecule has 1 aliphatic carbocycles. The van der Waals surface area contributed by atoms with Gasteiger partial charge >= 0.3 is 12.0 Å². The third kappa shape index (κ3) is 3.90. The maximum Gasteiger partial charge on any atom is 0.327 e. The van der Waals surface area contributed by atoms with E-state index in [9.17, 15) is 19.2 Å². The Labute approximate surface area is 161 Å². The van der Waals surface area contributed by atoms with Crippen LogP contribution in [-0.4, -0.2) is 46.9 Å². The molecule has 144 valence electrons. The van der Waals surface area contributed by atoms with Gasteiger partial charge in [-0.3, -0.25) is 19.3 Å². The summed E-state index contributed by atoms with van der Waals surface area (Å²) in [5.41, 5.74) is -0.492. The molecule has 1 atom stereocenters. The molecule has 1 aromatic carbocycles. The standard InChI is InChI=1S/C18H20ClN3O5/c1-11(15(24)20-13-7-3-2-6-12(13)19)27-14(23)10-22-16(25)18(21-17(22)26)8-4-5-9-18/h2-3,6-7,11H,4-5,8-10H2,1H3,(H,20,24)(H,21,26)/t11-/m0/s1. The van der Waals surface area contributed by atoms with Crippen LogP contribution in [0.25, 0.3) is 0 Å². The number of urea groups is 1. The van der Waals surface area contributed by atoms with Crippen molar-refractivity contribution in [2.45, 2.75) is 44.2 Å². The molecule has 0 radical (unpaired) electrons. The first-order chi connectivity index (χ1) is 12.8. The second kappa shape index (κ2) is 7.56. The van der Waals surface area contributed by atoms with Gasteiger partial charge in [-0.15, -0.1) is 0 Å². The summed E-state index contributed by atoms with van der Waals surface area (Å²) in [4.78, 5) is 49.7. The van der Waals surface area contributed by atoms with Gasteiger partial charge in [0.2, 0.25) is 0 Å². The molecule has 3 rings (SSSR count). The highest BCUT2D eigenvalue weighted by Crippen LogP contribution is 2.34. The third-order valence-corrected chi connectivity index (χ3v) is 5.13. The van der Waals surface area contributed by atoms with Gasteiger partial charge in [0.05, 0.1) is 10.7 Å². The van der Waals surface area contributed by atoms with E-state index in [2.05, 4.69) is 10.6 Å². The predicted octanol–water partition coefficient (Wildman–Crippen LogP) is 2.07. The van der Waals surface area contributed by atoms with Crippen LogP contribution in [0.15, 0.2) is 24.3 Å². The number of esters is 1. The van der Waals surface area contributed by atoms with Gasteiger partial charge in [0.25, 0.3) is 11.8 Å². The van der Waals surface area contributed by atoms with Gasteiger partial charge in [-0.1, -0.05) is 36.6 Å². The molecule has 8 nitrogen and oxygen atoms in total. The number of amides is 4. The number of rotatable bonds is 5. The summed E-state index contributed by atoms with van der Waals surface area (Å²) in [6.07, 6.45) is 1.72. The number of benzene rings is 1. The smallest absolute Gasteiger partial charge is 0.327 e. The molecule has 2 N–H and O–H groups in total. The molecule has 1 saturated carbocycles. The lowest BCUT2D eigenvalue weighted by atomic mass is 9.98. The van der Waals surface area contributed by atoms with E-state index in [1.165, 1.54) is 6.92 Å². The summed E-state index contributed by atoms with van der Waals surface area (Å²) >= 11 is 5.97. The van der Waals surface area contributed by atoms with Gasteiger partial charge in [0.15, 0.2) is 6.10 Å². The number of anilines is 1. The van der Waals surface area contributed by atoms with E-state index in [4.69, 9.17) is 16.3 Å². The fraction of sp³-hybridized carbons (Fsp3) is 0.444. The maximum atomic E-state index is 12.5. The Kier molecular flexibility index (Phi) is 5.36. The summed E-state index contributed by atoms with van der Waals surface area (Å²) in [6.45, 7) is 0.866. The number of halogens is 1. The Balaban J connectivity index is 1.56. The number of hydrogen-bond acceptors (Lipinski definition) is 5. The van der Waals surface area contributed by atoms with E-state index in [1.54, 1.807) is 24.3 Å². The van der Waals surface area contributed by atoms with Crippen LogP contribution in [0.3, 0.4) is 0 Å². The second-order valence-electron chi connectivity index (χ2n) is 6.71. The van der Waals surface area contributed by atoms with Crippen molar-refractivity contribution in [1.29, 1.82) is 0 Å². The number of imide groups is 1. The molecular weight excluding hydrogens is 374 g/mol. The molecule has 1 spiro atoms. The first-order valence-corrected chi connectivity index (χ1v) is 9.09. The lowest BCUT2D eigenvalue weighted by molar-refractivity contribution is -0.155. The van der Waals surface area contributed by atoms with Crippen LogP contribution in [0.2, 0.25) is 5.02 Å². The minimum absolute atomic E-state index is 0.352. The van der Waals surface area contributed by atoms with Gasteiger partial charge < -0.3 is 15.4 Å². The Morgan fingerprint density at radius 2 is 1.96 bits per heavy atom. The number of hydrogen-bond donors (Lipinski definition) is 2. The third-order valence-electron chi connectivity index (χ3n) is 4.80. The van der Waals surface area contributed by atoms with E-state index in [-0.39, 0.29) is 0 Å². The molecule has 0 aromatic heterocycles. The molecule has 2 aliphatic rings. The number of carbonyl (C=O) groups is 4. The summed E-state index contributed by atoms with van der Waals surface area (Å²) < 4.78 is 5.07. The number of nitrogens with zero attached hydrogens (tertiary/aromatic N) is 1. The highest BCUT2D eigenvalue weighted by molar-refractivity contribution is 6.33. The minimum atomic E-state index is -1.12. The van der Waals surface area contributed by atoms with Crippen LogP contribution < -0.4 is 10.6 Å². The molecule has 1 aromatic rings. The Morgan fingerprint density at radius 3 is 2.63 bits per heavy atom. The van der Waals surface area contributed by atoms with Gasteiger partial charge in [-0.25, -0.2) is 4.79 Å². The van der Waals surface area contributed by atoms with E-state index < -0.39 is 42.0 Å². The Bertz CT molecular complexity index is 791. The van der Waals surface area contributed by atoms with Gasteiger partial charge in [0, 0.05) is 0 Å². The van der Waals surface area contributed by atoms with Gasteiger partial charge in [-0.2, -0.15) is 0 Å². The lowest BCUT2D eigenvalue weighted by Crippen LogP contribution is -2.44. The molecule has 2 fully saturated rings. The van der Waals surface area contributed by atoms with Crippen molar-refractivity contribution in [1.82, 2.24) is 10.2 Å². The number of carbonyl (C=O) groups excluding carboxylic acids is 4. The normalized spacial score (nSPS) is 19.1. The molecule has 0 unspecified atom stereocenters. The highest BCUT2D eigenvalue weighted by Gasteiger charge is 2.52. The number of nitrogens with one attached hydrogen (secondary N) is 2. The molecular formula is C18H20ClN3O5. The highest BCUT2D eigenvalue weighted by atomic mass is 35.5. The molecule has 27 heavy (non-hydrogen) atoms. The quantitative estimate of drug-likeness (QED) is 0.588. The predicted molar refractivity (Wildman–Crippen MR) is 97.1 cm³/mol. The van der Waals surface area contributed by atoms with Crippen molar-refractivity contribution >= 4 is 41.1 Å². The largest absolute Gasteiger partial charge is 0.451 e. The molecule has 0 bridgehead atoms. The fourth-order valence-electron chi connectivity index (χ4n) is 3.35. The first-order valence-electron chi connectivity index (χ1n) is 8.71.